The smallest absolute Gasteiger partial charge is 0.337 e. The van der Waals surface area contributed by atoms with E-state index in [9.17, 15) is 19.2 Å². The van der Waals surface area contributed by atoms with E-state index in [1.54, 1.807) is 0 Å². The predicted molar refractivity (Wildman–Crippen MR) is 93.2 cm³/mol. The first kappa shape index (κ1) is 17.6. The van der Waals surface area contributed by atoms with Crippen molar-refractivity contribution in [2.75, 3.05) is 19.0 Å². The van der Waals surface area contributed by atoms with E-state index >= 15 is 0 Å². The van der Waals surface area contributed by atoms with Crippen LogP contribution in [0.2, 0.25) is 5.02 Å². The fourth-order valence-corrected chi connectivity index (χ4v) is 2.73. The average molecular weight is 373 g/mol. The van der Waals surface area contributed by atoms with Crippen molar-refractivity contribution in [1.82, 2.24) is 4.90 Å². The van der Waals surface area contributed by atoms with Crippen LogP contribution in [0.4, 0.5) is 5.69 Å². The molecule has 0 bridgehead atoms. The van der Waals surface area contributed by atoms with E-state index in [1.165, 1.54) is 49.6 Å². The van der Waals surface area contributed by atoms with Crippen molar-refractivity contribution in [2.24, 2.45) is 0 Å². The van der Waals surface area contributed by atoms with Crippen molar-refractivity contribution < 1.29 is 23.9 Å². The number of imide groups is 1. The van der Waals surface area contributed by atoms with Gasteiger partial charge < -0.3 is 10.1 Å². The zero-order valence-electron chi connectivity index (χ0n) is 13.6. The first-order valence-corrected chi connectivity index (χ1v) is 7.92. The maximum Gasteiger partial charge on any atom is 0.337 e. The van der Waals surface area contributed by atoms with Crippen molar-refractivity contribution in [3.8, 4) is 0 Å². The number of fused-ring (bicyclic) bond motifs is 1. The highest BCUT2D eigenvalue weighted by atomic mass is 35.5. The maximum atomic E-state index is 12.3. The van der Waals surface area contributed by atoms with Gasteiger partial charge in [0.15, 0.2) is 0 Å². The van der Waals surface area contributed by atoms with Gasteiger partial charge in [-0.2, -0.15) is 0 Å². The van der Waals surface area contributed by atoms with Crippen LogP contribution in [0.15, 0.2) is 42.5 Å². The molecule has 1 aliphatic heterocycles. The van der Waals surface area contributed by atoms with Gasteiger partial charge in [-0.25, -0.2) is 4.79 Å². The largest absolute Gasteiger partial charge is 0.465 e. The Morgan fingerprint density at radius 2 is 1.69 bits per heavy atom. The quantitative estimate of drug-likeness (QED) is 0.657. The molecule has 0 atom stereocenters. The Morgan fingerprint density at radius 1 is 1.04 bits per heavy atom. The Balaban J connectivity index is 1.68. The molecule has 1 N–H and O–H groups in total. The minimum Gasteiger partial charge on any atom is -0.465 e. The van der Waals surface area contributed by atoms with Crippen LogP contribution < -0.4 is 5.32 Å². The summed E-state index contributed by atoms with van der Waals surface area (Å²) >= 11 is 5.85. The van der Waals surface area contributed by atoms with Crippen LogP contribution in [-0.4, -0.2) is 42.2 Å². The Hall–Kier alpha value is -3.19. The SMILES string of the molecule is COC(=O)c1ccc(NC(=O)CN2C(=O)c3ccc(Cl)cc3C2=O)cc1. The van der Waals surface area contributed by atoms with Crippen molar-refractivity contribution >= 4 is 41.0 Å². The maximum absolute atomic E-state index is 12.3. The molecular formula is C18H13ClN2O5. The van der Waals surface area contributed by atoms with Gasteiger partial charge in [0.2, 0.25) is 5.91 Å². The highest BCUT2D eigenvalue weighted by molar-refractivity contribution is 6.32. The van der Waals surface area contributed by atoms with E-state index in [0.29, 0.717) is 16.3 Å². The summed E-state index contributed by atoms with van der Waals surface area (Å²) in [6.07, 6.45) is 0. The number of methoxy groups -OCH3 is 1. The zero-order valence-corrected chi connectivity index (χ0v) is 14.4. The van der Waals surface area contributed by atoms with Gasteiger partial charge >= 0.3 is 5.97 Å². The predicted octanol–water partition coefficient (Wildman–Crippen LogP) is 2.36. The third-order valence-corrected chi connectivity index (χ3v) is 4.06. The van der Waals surface area contributed by atoms with Crippen molar-refractivity contribution in [3.05, 3.63) is 64.2 Å². The molecule has 0 saturated heterocycles. The summed E-state index contributed by atoms with van der Waals surface area (Å²) in [6, 6.07) is 10.4. The number of esters is 1. The third kappa shape index (κ3) is 3.29. The molecule has 0 unspecified atom stereocenters. The van der Waals surface area contributed by atoms with Crippen molar-refractivity contribution in [1.29, 1.82) is 0 Å². The normalized spacial score (nSPS) is 12.8. The molecule has 3 rings (SSSR count). The Labute approximate surface area is 153 Å². The van der Waals surface area contributed by atoms with Crippen LogP contribution >= 0.6 is 11.6 Å². The summed E-state index contributed by atoms with van der Waals surface area (Å²) in [7, 11) is 1.27. The van der Waals surface area contributed by atoms with Gasteiger partial charge in [-0.05, 0) is 42.5 Å². The molecular weight excluding hydrogens is 360 g/mol. The Bertz CT molecular complexity index is 924. The van der Waals surface area contributed by atoms with Crippen molar-refractivity contribution in [3.63, 3.8) is 0 Å². The molecule has 1 heterocycles. The number of nitrogens with zero attached hydrogens (tertiary/aromatic N) is 1. The van der Waals surface area contributed by atoms with E-state index in [1.807, 2.05) is 0 Å². The minimum atomic E-state index is -0.566. The highest BCUT2D eigenvalue weighted by Gasteiger charge is 2.36. The van der Waals surface area contributed by atoms with E-state index < -0.39 is 30.2 Å². The topological polar surface area (TPSA) is 92.8 Å². The number of hydrogen-bond donors (Lipinski definition) is 1. The fraction of sp³-hybridized carbons (Fsp3) is 0.111. The van der Waals surface area contributed by atoms with E-state index in [-0.39, 0.29) is 11.1 Å². The second-order valence-electron chi connectivity index (χ2n) is 5.50. The molecule has 0 fully saturated rings. The molecule has 0 aromatic heterocycles. The molecule has 1 aliphatic rings. The molecule has 8 heteroatoms. The van der Waals surface area contributed by atoms with E-state index in [2.05, 4.69) is 10.1 Å². The van der Waals surface area contributed by atoms with Gasteiger partial charge in [-0.3, -0.25) is 19.3 Å². The number of carbonyl (C=O) groups excluding carboxylic acids is 4. The molecule has 26 heavy (non-hydrogen) atoms. The number of halogens is 1. The molecule has 2 aromatic carbocycles. The second-order valence-corrected chi connectivity index (χ2v) is 5.94. The highest BCUT2D eigenvalue weighted by Crippen LogP contribution is 2.25. The summed E-state index contributed by atoms with van der Waals surface area (Å²) in [6.45, 7) is -0.428. The summed E-state index contributed by atoms with van der Waals surface area (Å²) in [5.41, 5.74) is 1.15. The molecule has 132 valence electrons. The number of nitrogens with one attached hydrogen (secondary N) is 1. The van der Waals surface area contributed by atoms with E-state index in [0.717, 1.165) is 4.90 Å². The minimum absolute atomic E-state index is 0.178. The van der Waals surface area contributed by atoms with Crippen LogP contribution in [0.5, 0.6) is 0 Å². The molecule has 2 aromatic rings. The third-order valence-electron chi connectivity index (χ3n) is 3.82. The van der Waals surface area contributed by atoms with Gasteiger partial charge in [-0.1, -0.05) is 11.6 Å². The lowest BCUT2D eigenvalue weighted by atomic mass is 10.1. The first-order chi connectivity index (χ1) is 12.4. The van der Waals surface area contributed by atoms with Crippen LogP contribution in [-0.2, 0) is 9.53 Å². The summed E-state index contributed by atoms with van der Waals surface area (Å²) in [5, 5.41) is 2.90. The van der Waals surface area contributed by atoms with Crippen molar-refractivity contribution in [2.45, 2.75) is 0 Å². The van der Waals surface area contributed by atoms with Gasteiger partial charge in [0, 0.05) is 10.7 Å². The lowest BCUT2D eigenvalue weighted by molar-refractivity contribution is -0.116. The van der Waals surface area contributed by atoms with Gasteiger partial charge in [-0.15, -0.1) is 0 Å². The molecule has 0 spiro atoms. The van der Waals surface area contributed by atoms with E-state index in [4.69, 9.17) is 11.6 Å². The first-order valence-electron chi connectivity index (χ1n) is 7.54. The summed E-state index contributed by atoms with van der Waals surface area (Å²) in [5.74, 6) is -2.15. The second kappa shape index (κ2) is 6.97. The van der Waals surface area contributed by atoms with Crippen LogP contribution in [0.1, 0.15) is 31.1 Å². The van der Waals surface area contributed by atoms with Crippen LogP contribution in [0.25, 0.3) is 0 Å². The number of anilines is 1. The molecule has 3 amide bonds. The summed E-state index contributed by atoms with van der Waals surface area (Å²) in [4.78, 5) is 49.0. The zero-order chi connectivity index (χ0) is 18.8. The number of carbonyl (C=O) groups is 4. The number of hydrogen-bond acceptors (Lipinski definition) is 5. The van der Waals surface area contributed by atoms with Crippen LogP contribution in [0, 0.1) is 0 Å². The average Bonchev–Trinajstić information content (AvgIpc) is 2.86. The lowest BCUT2D eigenvalue weighted by Gasteiger charge is -2.13. The Kier molecular flexibility index (Phi) is 4.73. The standard InChI is InChI=1S/C18H13ClN2O5/c1-26-18(25)10-2-5-12(6-3-10)20-15(22)9-21-16(23)13-7-4-11(19)8-14(13)17(21)24/h2-8H,9H2,1H3,(H,20,22). The van der Waals surface area contributed by atoms with Gasteiger partial charge in [0.05, 0.1) is 23.8 Å². The monoisotopic (exact) mass is 372 g/mol. The Morgan fingerprint density at radius 3 is 2.35 bits per heavy atom. The fourth-order valence-electron chi connectivity index (χ4n) is 2.56. The molecule has 0 saturated carbocycles. The van der Waals surface area contributed by atoms with Gasteiger partial charge in [0.1, 0.15) is 6.54 Å². The van der Waals surface area contributed by atoms with Gasteiger partial charge in [0.25, 0.3) is 11.8 Å². The number of ether oxygens (including phenoxy) is 1. The number of amides is 3. The molecule has 7 nitrogen and oxygen atoms in total. The summed E-state index contributed by atoms with van der Waals surface area (Å²) < 4.78 is 4.59. The molecule has 0 aliphatic carbocycles. The molecule has 0 radical (unpaired) electrons. The number of rotatable bonds is 4. The number of benzene rings is 2. The van der Waals surface area contributed by atoms with Crippen LogP contribution in [0.3, 0.4) is 0 Å². The lowest BCUT2D eigenvalue weighted by Crippen LogP contribution is -2.37.